The highest BCUT2D eigenvalue weighted by atomic mass is 31.2. The van der Waals surface area contributed by atoms with Gasteiger partial charge < -0.3 is 33.8 Å². The van der Waals surface area contributed by atoms with Crippen LogP contribution in [0.4, 0.5) is 0 Å². The molecule has 0 heterocycles. The van der Waals surface area contributed by atoms with Gasteiger partial charge in [0, 0.05) is 25.7 Å². The minimum atomic E-state index is -4.97. The van der Waals surface area contributed by atoms with Gasteiger partial charge in [-0.25, -0.2) is 9.13 Å². The Morgan fingerprint density at radius 2 is 0.477 bits per heavy atom. The predicted octanol–water partition coefficient (Wildman–Crippen LogP) is 27.0. The molecule has 0 aliphatic carbocycles. The molecule has 107 heavy (non-hydrogen) atoms. The largest absolute Gasteiger partial charge is 0.472 e. The number of ether oxygens (including phenoxy) is 4. The first-order valence-corrected chi connectivity index (χ1v) is 48.5. The van der Waals surface area contributed by atoms with Gasteiger partial charge in [0.15, 0.2) is 12.2 Å². The van der Waals surface area contributed by atoms with Crippen molar-refractivity contribution in [3.63, 3.8) is 0 Å². The molecule has 17 nitrogen and oxygen atoms in total. The highest BCUT2D eigenvalue weighted by Crippen LogP contribution is 2.45. The summed E-state index contributed by atoms with van der Waals surface area (Å²) in [4.78, 5) is 73.3. The third-order valence-corrected chi connectivity index (χ3v) is 23.0. The summed E-state index contributed by atoms with van der Waals surface area (Å²) in [6, 6.07) is 0. The minimum Gasteiger partial charge on any atom is -0.462 e. The summed E-state index contributed by atoms with van der Waals surface area (Å²) < 4.78 is 69.0. The van der Waals surface area contributed by atoms with Gasteiger partial charge in [-0.3, -0.25) is 37.3 Å². The van der Waals surface area contributed by atoms with Crippen LogP contribution in [0.3, 0.4) is 0 Å². The number of hydrogen-bond acceptors (Lipinski definition) is 15. The standard InChI is InChI=1S/C88H172O17P2/c1-7-10-12-14-16-18-20-22-24-28-33-36-40-46-52-58-64-70-85(90)98-76-83(104-87(92)73-67-61-55-48-42-38-34-30-27-26-29-31-35-39-45-51-57-63-69-81(6)9-3)78-102-106(94,95)100-74-82(89)75-101-107(96,97)103-79-84(77-99-86(91)71-65-59-53-49-43-44-50-56-62-68-80(4)5)105-88(93)72-66-60-54-47-41-37-32-25-23-21-19-17-15-13-11-8-2/h80-84,89H,7-79H2,1-6H3,(H,94,95)(H,96,97)/t81?,82-,83-,84-/m1/s1. The summed E-state index contributed by atoms with van der Waals surface area (Å²) in [5.74, 6) is -0.483. The van der Waals surface area contributed by atoms with Crippen molar-refractivity contribution in [3.05, 3.63) is 0 Å². The van der Waals surface area contributed by atoms with Gasteiger partial charge in [0.1, 0.15) is 19.3 Å². The lowest BCUT2D eigenvalue weighted by Gasteiger charge is -2.21. The van der Waals surface area contributed by atoms with Crippen molar-refractivity contribution < 1.29 is 80.2 Å². The first-order valence-electron chi connectivity index (χ1n) is 45.5. The molecule has 0 radical (unpaired) electrons. The maximum absolute atomic E-state index is 13.2. The van der Waals surface area contributed by atoms with Crippen LogP contribution in [0.1, 0.15) is 472 Å². The van der Waals surface area contributed by atoms with Gasteiger partial charge in [0.25, 0.3) is 0 Å². The van der Waals surface area contributed by atoms with Gasteiger partial charge in [0.2, 0.25) is 0 Å². The number of carbonyl (C=O) groups is 4. The second-order valence-electron chi connectivity index (χ2n) is 32.4. The third-order valence-electron chi connectivity index (χ3n) is 21.1. The Morgan fingerprint density at radius 3 is 0.710 bits per heavy atom. The molecule has 636 valence electrons. The van der Waals surface area contributed by atoms with E-state index in [4.69, 9.17) is 37.0 Å². The average Bonchev–Trinajstić information content (AvgIpc) is 0.904. The lowest BCUT2D eigenvalue weighted by atomic mass is 9.99. The minimum absolute atomic E-state index is 0.108. The van der Waals surface area contributed by atoms with Crippen molar-refractivity contribution >= 4 is 39.5 Å². The molecule has 0 spiro atoms. The van der Waals surface area contributed by atoms with Crippen LogP contribution in [0, 0.1) is 11.8 Å². The number of unbranched alkanes of at least 4 members (excludes halogenated alkanes) is 56. The molecular formula is C88H172O17P2. The quantitative estimate of drug-likeness (QED) is 0.0222. The number of phosphoric acid groups is 2. The zero-order valence-electron chi connectivity index (χ0n) is 70.5. The molecule has 19 heteroatoms. The average molecular weight is 1560 g/mol. The molecule has 0 aromatic heterocycles. The van der Waals surface area contributed by atoms with Gasteiger partial charge in [0.05, 0.1) is 26.4 Å². The van der Waals surface area contributed by atoms with Crippen LogP contribution in [-0.2, 0) is 65.4 Å². The molecule has 0 rings (SSSR count). The first-order chi connectivity index (χ1) is 51.9. The molecular weight excluding hydrogens is 1390 g/mol. The molecule has 0 aliphatic rings. The van der Waals surface area contributed by atoms with Crippen molar-refractivity contribution in [2.45, 2.75) is 490 Å². The Kier molecular flexibility index (Phi) is 77.9. The lowest BCUT2D eigenvalue weighted by molar-refractivity contribution is -0.161. The number of phosphoric ester groups is 2. The molecule has 0 aromatic rings. The summed E-state index contributed by atoms with van der Waals surface area (Å²) >= 11 is 0. The smallest absolute Gasteiger partial charge is 0.462 e. The number of esters is 4. The Balaban J connectivity index is 5.24. The molecule has 3 N–H and O–H groups in total. The van der Waals surface area contributed by atoms with E-state index in [-0.39, 0.29) is 25.7 Å². The summed E-state index contributed by atoms with van der Waals surface area (Å²) in [7, 11) is -9.93. The van der Waals surface area contributed by atoms with Crippen molar-refractivity contribution in [3.8, 4) is 0 Å². The number of hydrogen-bond donors (Lipinski definition) is 3. The fourth-order valence-corrected chi connectivity index (χ4v) is 15.3. The van der Waals surface area contributed by atoms with E-state index in [0.29, 0.717) is 25.7 Å². The van der Waals surface area contributed by atoms with Crippen LogP contribution in [0.2, 0.25) is 0 Å². The van der Waals surface area contributed by atoms with Gasteiger partial charge in [-0.2, -0.15) is 0 Å². The molecule has 3 unspecified atom stereocenters. The number of aliphatic hydroxyl groups is 1. The van der Waals surface area contributed by atoms with Crippen molar-refractivity contribution in [1.82, 2.24) is 0 Å². The van der Waals surface area contributed by atoms with E-state index in [9.17, 15) is 43.2 Å². The Hall–Kier alpha value is -1.94. The van der Waals surface area contributed by atoms with Crippen molar-refractivity contribution in [2.75, 3.05) is 39.6 Å². The molecule has 0 saturated carbocycles. The Labute approximate surface area is 658 Å². The molecule has 0 fully saturated rings. The second kappa shape index (κ2) is 79.3. The fraction of sp³-hybridized carbons (Fsp3) is 0.955. The van der Waals surface area contributed by atoms with Crippen LogP contribution in [-0.4, -0.2) is 96.7 Å². The van der Waals surface area contributed by atoms with Gasteiger partial charge in [-0.05, 0) is 37.5 Å². The van der Waals surface area contributed by atoms with Gasteiger partial charge in [-0.1, -0.05) is 420 Å². The zero-order chi connectivity index (χ0) is 78.5. The Morgan fingerprint density at radius 1 is 0.271 bits per heavy atom. The highest BCUT2D eigenvalue weighted by molar-refractivity contribution is 7.47. The van der Waals surface area contributed by atoms with Gasteiger partial charge in [-0.15, -0.1) is 0 Å². The Bertz CT molecular complexity index is 2050. The second-order valence-corrected chi connectivity index (χ2v) is 35.3. The summed E-state index contributed by atoms with van der Waals surface area (Å²) in [6.45, 7) is 9.74. The van der Waals surface area contributed by atoms with Crippen LogP contribution in [0.15, 0.2) is 0 Å². The van der Waals surface area contributed by atoms with Crippen LogP contribution in [0.5, 0.6) is 0 Å². The number of aliphatic hydroxyl groups excluding tert-OH is 1. The highest BCUT2D eigenvalue weighted by Gasteiger charge is 2.31. The normalized spacial score (nSPS) is 14.0. The van der Waals surface area contributed by atoms with E-state index in [1.54, 1.807) is 0 Å². The number of carbonyl (C=O) groups excluding carboxylic acids is 4. The maximum atomic E-state index is 13.2. The molecule has 0 aromatic carbocycles. The predicted molar refractivity (Wildman–Crippen MR) is 442 cm³/mol. The van der Waals surface area contributed by atoms with Gasteiger partial charge >= 0.3 is 39.5 Å². The summed E-state index contributed by atoms with van der Waals surface area (Å²) in [5, 5.41) is 10.7. The SMILES string of the molecule is CCCCCCCCCCCCCCCCCCCC(=O)OC[C@H](COP(=O)(O)OC[C@@H](O)COP(=O)(O)OC[C@@H](COC(=O)CCCCCCCCCCCC(C)C)OC(=O)CCCCCCCCCCCCCCCCCC)OC(=O)CCCCCCCCCCCCCCCCCCCCC(C)CC. The van der Waals surface area contributed by atoms with Crippen LogP contribution >= 0.6 is 15.6 Å². The van der Waals surface area contributed by atoms with Crippen molar-refractivity contribution in [2.24, 2.45) is 11.8 Å². The lowest BCUT2D eigenvalue weighted by Crippen LogP contribution is -2.30. The van der Waals surface area contributed by atoms with E-state index in [0.717, 1.165) is 102 Å². The number of rotatable bonds is 87. The first kappa shape index (κ1) is 105. The molecule has 6 atom stereocenters. The van der Waals surface area contributed by atoms with E-state index in [1.165, 1.54) is 289 Å². The topological polar surface area (TPSA) is 237 Å². The monoisotopic (exact) mass is 1560 g/mol. The van der Waals surface area contributed by atoms with E-state index >= 15 is 0 Å². The third kappa shape index (κ3) is 80.5. The fourth-order valence-electron chi connectivity index (χ4n) is 13.7. The molecule has 0 saturated heterocycles. The zero-order valence-corrected chi connectivity index (χ0v) is 72.2. The van der Waals surface area contributed by atoms with Crippen molar-refractivity contribution in [1.29, 1.82) is 0 Å². The summed E-state index contributed by atoms with van der Waals surface area (Å²) in [5.41, 5.74) is 0. The molecule has 0 aliphatic heterocycles. The van der Waals surface area contributed by atoms with E-state index in [2.05, 4.69) is 41.5 Å². The van der Waals surface area contributed by atoms with E-state index < -0.39 is 97.5 Å². The van der Waals surface area contributed by atoms with E-state index in [1.807, 2.05) is 0 Å². The summed E-state index contributed by atoms with van der Waals surface area (Å²) in [6.07, 6.45) is 72.1. The van der Waals surface area contributed by atoms with Crippen LogP contribution in [0.25, 0.3) is 0 Å². The molecule has 0 amide bonds. The maximum Gasteiger partial charge on any atom is 0.472 e. The molecule has 0 bridgehead atoms. The van der Waals surface area contributed by atoms with Crippen LogP contribution < -0.4 is 0 Å².